The zero-order chi connectivity index (χ0) is 18.7. The number of nitrogens with zero attached hydrogens (tertiary/aromatic N) is 4. The number of hydrogen-bond acceptors (Lipinski definition) is 5. The summed E-state index contributed by atoms with van der Waals surface area (Å²) in [5.74, 6) is 0.796. The smallest absolute Gasteiger partial charge is 0.256 e. The van der Waals surface area contributed by atoms with Crippen molar-refractivity contribution < 1.29 is 4.79 Å². The van der Waals surface area contributed by atoms with Crippen molar-refractivity contribution in [2.45, 2.75) is 45.7 Å². The van der Waals surface area contributed by atoms with E-state index < -0.39 is 0 Å². The predicted molar refractivity (Wildman–Crippen MR) is 105 cm³/mol. The van der Waals surface area contributed by atoms with Gasteiger partial charge in [-0.1, -0.05) is 43.8 Å². The van der Waals surface area contributed by atoms with Crippen LogP contribution in [0.15, 0.2) is 29.4 Å². The number of carbonyl (C=O) groups is 1. The molecule has 0 atom stereocenters. The average molecular weight is 369 g/mol. The molecular formula is C19H23N5OS. The molecule has 1 aromatic carbocycles. The number of amides is 1. The average Bonchev–Trinajstić information content (AvgIpc) is 3.03. The normalized spacial score (nSPS) is 11.1. The van der Waals surface area contributed by atoms with Crippen molar-refractivity contribution in [3.63, 3.8) is 0 Å². The summed E-state index contributed by atoms with van der Waals surface area (Å²) in [6.07, 6.45) is 1.77. The van der Waals surface area contributed by atoms with Crippen LogP contribution in [-0.2, 0) is 17.6 Å². The number of anilines is 1. The minimum absolute atomic E-state index is 0.0416. The molecule has 136 valence electrons. The molecule has 6 nitrogen and oxygen atoms in total. The SMILES string of the molecule is CCc1cccc(CC)c1NC(=O)CSc1nnc2nc(C)cc(C)n12. The Labute approximate surface area is 157 Å². The van der Waals surface area contributed by atoms with Gasteiger partial charge in [0.1, 0.15) is 0 Å². The fourth-order valence-corrected chi connectivity index (χ4v) is 3.79. The zero-order valence-electron chi connectivity index (χ0n) is 15.5. The van der Waals surface area contributed by atoms with Gasteiger partial charge >= 0.3 is 0 Å². The van der Waals surface area contributed by atoms with Gasteiger partial charge in [-0.25, -0.2) is 4.98 Å². The molecule has 1 N–H and O–H groups in total. The maximum Gasteiger partial charge on any atom is 0.256 e. The van der Waals surface area contributed by atoms with Gasteiger partial charge in [-0.05, 0) is 43.9 Å². The predicted octanol–water partition coefficient (Wildman–Crippen LogP) is 3.60. The highest BCUT2D eigenvalue weighted by Gasteiger charge is 2.14. The van der Waals surface area contributed by atoms with Gasteiger partial charge in [0.15, 0.2) is 5.16 Å². The first-order chi connectivity index (χ1) is 12.5. The summed E-state index contributed by atoms with van der Waals surface area (Å²) in [6.45, 7) is 8.11. The molecule has 2 heterocycles. The number of para-hydroxylation sites is 1. The van der Waals surface area contributed by atoms with E-state index in [-0.39, 0.29) is 11.7 Å². The van der Waals surface area contributed by atoms with Crippen LogP contribution in [0.1, 0.15) is 36.4 Å². The van der Waals surface area contributed by atoms with Crippen LogP contribution in [0.4, 0.5) is 5.69 Å². The van der Waals surface area contributed by atoms with Crippen molar-refractivity contribution >= 4 is 29.1 Å². The zero-order valence-corrected chi connectivity index (χ0v) is 16.4. The second-order valence-corrected chi connectivity index (χ2v) is 7.09. The van der Waals surface area contributed by atoms with Crippen molar-refractivity contribution in [3.8, 4) is 0 Å². The first-order valence-electron chi connectivity index (χ1n) is 8.76. The van der Waals surface area contributed by atoms with E-state index in [1.807, 2.05) is 30.4 Å². The van der Waals surface area contributed by atoms with Crippen LogP contribution < -0.4 is 5.32 Å². The second kappa shape index (κ2) is 7.86. The molecule has 0 bridgehead atoms. The molecule has 0 aliphatic carbocycles. The Balaban J connectivity index is 1.75. The van der Waals surface area contributed by atoms with E-state index in [2.05, 4.69) is 46.5 Å². The maximum atomic E-state index is 12.5. The molecule has 0 saturated carbocycles. The van der Waals surface area contributed by atoms with Crippen LogP contribution in [0.25, 0.3) is 5.78 Å². The van der Waals surface area contributed by atoms with Gasteiger partial charge < -0.3 is 5.32 Å². The Morgan fingerprint density at radius 1 is 1.15 bits per heavy atom. The van der Waals surface area contributed by atoms with Crippen LogP contribution in [0, 0.1) is 13.8 Å². The van der Waals surface area contributed by atoms with Crippen molar-refractivity contribution in [2.24, 2.45) is 0 Å². The quantitative estimate of drug-likeness (QED) is 0.672. The lowest BCUT2D eigenvalue weighted by atomic mass is 10.0. The minimum atomic E-state index is -0.0416. The maximum absolute atomic E-state index is 12.5. The minimum Gasteiger partial charge on any atom is -0.325 e. The van der Waals surface area contributed by atoms with Crippen LogP contribution in [0.5, 0.6) is 0 Å². The number of carbonyl (C=O) groups excluding carboxylic acids is 1. The number of aromatic nitrogens is 4. The van der Waals surface area contributed by atoms with E-state index in [1.54, 1.807) is 0 Å². The Hall–Kier alpha value is -2.41. The van der Waals surface area contributed by atoms with Gasteiger partial charge in [0.2, 0.25) is 5.91 Å². The molecule has 0 spiro atoms. The van der Waals surface area contributed by atoms with E-state index in [4.69, 9.17) is 0 Å². The molecule has 7 heteroatoms. The van der Waals surface area contributed by atoms with Gasteiger partial charge in [-0.15, -0.1) is 10.2 Å². The van der Waals surface area contributed by atoms with E-state index in [0.29, 0.717) is 10.9 Å². The summed E-state index contributed by atoms with van der Waals surface area (Å²) in [5, 5.41) is 12.0. The van der Waals surface area contributed by atoms with Gasteiger partial charge in [-0.2, -0.15) is 0 Å². The lowest BCUT2D eigenvalue weighted by Crippen LogP contribution is -2.17. The number of nitrogens with one attached hydrogen (secondary N) is 1. The summed E-state index contributed by atoms with van der Waals surface area (Å²) in [6, 6.07) is 8.14. The third kappa shape index (κ3) is 3.72. The first-order valence-corrected chi connectivity index (χ1v) is 9.74. The summed E-state index contributed by atoms with van der Waals surface area (Å²) in [7, 11) is 0. The van der Waals surface area contributed by atoms with Crippen molar-refractivity contribution in [2.75, 3.05) is 11.1 Å². The van der Waals surface area contributed by atoms with E-state index in [0.717, 1.165) is 41.0 Å². The summed E-state index contributed by atoms with van der Waals surface area (Å²) >= 11 is 1.37. The number of fused-ring (bicyclic) bond motifs is 1. The van der Waals surface area contributed by atoms with Gasteiger partial charge in [0.25, 0.3) is 5.78 Å². The van der Waals surface area contributed by atoms with Crippen LogP contribution in [0.2, 0.25) is 0 Å². The third-order valence-corrected chi connectivity index (χ3v) is 5.19. The highest BCUT2D eigenvalue weighted by Crippen LogP contribution is 2.24. The van der Waals surface area contributed by atoms with Crippen molar-refractivity contribution in [1.82, 2.24) is 19.6 Å². The Morgan fingerprint density at radius 3 is 2.50 bits per heavy atom. The fourth-order valence-electron chi connectivity index (χ4n) is 3.00. The second-order valence-electron chi connectivity index (χ2n) is 6.15. The standard InChI is InChI=1S/C19H23N5OS/c1-5-14-8-7-9-15(6-2)17(14)21-16(25)11-26-19-23-22-18-20-12(3)10-13(4)24(18)19/h7-10H,5-6,11H2,1-4H3,(H,21,25). The molecule has 0 unspecified atom stereocenters. The van der Waals surface area contributed by atoms with Gasteiger partial charge in [-0.3, -0.25) is 9.20 Å². The molecule has 2 aromatic heterocycles. The molecule has 0 radical (unpaired) electrons. The van der Waals surface area contributed by atoms with Crippen molar-refractivity contribution in [1.29, 1.82) is 0 Å². The monoisotopic (exact) mass is 369 g/mol. The molecule has 3 aromatic rings. The lowest BCUT2D eigenvalue weighted by Gasteiger charge is -2.14. The molecule has 3 rings (SSSR count). The van der Waals surface area contributed by atoms with E-state index >= 15 is 0 Å². The highest BCUT2D eigenvalue weighted by molar-refractivity contribution is 7.99. The fraction of sp³-hybridized carbons (Fsp3) is 0.368. The van der Waals surface area contributed by atoms with Gasteiger partial charge in [0.05, 0.1) is 5.75 Å². The molecule has 0 fully saturated rings. The largest absolute Gasteiger partial charge is 0.325 e. The molecule has 1 amide bonds. The third-order valence-electron chi connectivity index (χ3n) is 4.26. The lowest BCUT2D eigenvalue weighted by molar-refractivity contribution is -0.113. The summed E-state index contributed by atoms with van der Waals surface area (Å²) < 4.78 is 1.88. The Bertz CT molecular complexity index is 928. The number of benzene rings is 1. The number of thioether (sulfide) groups is 1. The number of rotatable bonds is 6. The highest BCUT2D eigenvalue weighted by atomic mass is 32.2. The number of aryl methyl sites for hydroxylation is 4. The summed E-state index contributed by atoms with van der Waals surface area (Å²) in [4.78, 5) is 16.9. The van der Waals surface area contributed by atoms with Crippen LogP contribution >= 0.6 is 11.8 Å². The van der Waals surface area contributed by atoms with Crippen LogP contribution in [-0.4, -0.2) is 31.2 Å². The van der Waals surface area contributed by atoms with E-state index in [1.165, 1.54) is 11.8 Å². The molecule has 26 heavy (non-hydrogen) atoms. The van der Waals surface area contributed by atoms with Crippen LogP contribution in [0.3, 0.4) is 0 Å². The topological polar surface area (TPSA) is 72.2 Å². The Kier molecular flexibility index (Phi) is 5.56. The number of hydrogen-bond donors (Lipinski definition) is 1. The van der Waals surface area contributed by atoms with E-state index in [9.17, 15) is 4.79 Å². The molecular weight excluding hydrogens is 346 g/mol. The Morgan fingerprint density at radius 2 is 1.85 bits per heavy atom. The van der Waals surface area contributed by atoms with Crippen molar-refractivity contribution in [3.05, 3.63) is 46.8 Å². The molecule has 0 aliphatic heterocycles. The van der Waals surface area contributed by atoms with Gasteiger partial charge in [0, 0.05) is 17.1 Å². The molecule has 0 aliphatic rings. The molecule has 0 saturated heterocycles. The first kappa shape index (κ1) is 18.4. The summed E-state index contributed by atoms with van der Waals surface area (Å²) in [5.41, 5.74) is 5.17.